The van der Waals surface area contributed by atoms with Crippen LogP contribution in [0.15, 0.2) is 24.3 Å². The molecule has 1 rings (SSSR count). The third kappa shape index (κ3) is 3.52. The van der Waals surface area contributed by atoms with Crippen LogP contribution in [0.5, 0.6) is 0 Å². The lowest BCUT2D eigenvalue weighted by Gasteiger charge is -2.13. The third-order valence-corrected chi connectivity index (χ3v) is 2.53. The van der Waals surface area contributed by atoms with Crippen LogP contribution in [0.25, 0.3) is 0 Å². The first-order valence-electron chi connectivity index (χ1n) is 5.38. The van der Waals surface area contributed by atoms with Crippen LogP contribution < -0.4 is 5.73 Å². The standard InChI is InChI=1S/C12H16F3N/c1-2-3-4-11(16)9-5-7-10(8-6-9)12(13,14)15/h5-8,11H,2-4,16H2,1H3/t11-/m0/s1. The van der Waals surface area contributed by atoms with E-state index in [0.29, 0.717) is 0 Å². The maximum Gasteiger partial charge on any atom is 0.416 e. The summed E-state index contributed by atoms with van der Waals surface area (Å²) in [6.07, 6.45) is -1.44. The molecule has 0 fully saturated rings. The average Bonchev–Trinajstić information content (AvgIpc) is 2.25. The number of alkyl halides is 3. The number of nitrogens with two attached hydrogens (primary N) is 1. The Morgan fingerprint density at radius 3 is 2.19 bits per heavy atom. The van der Waals surface area contributed by atoms with Crippen molar-refractivity contribution in [2.75, 3.05) is 0 Å². The monoisotopic (exact) mass is 231 g/mol. The summed E-state index contributed by atoms with van der Waals surface area (Å²) < 4.78 is 36.9. The molecular formula is C12H16F3N. The smallest absolute Gasteiger partial charge is 0.324 e. The van der Waals surface area contributed by atoms with Gasteiger partial charge in [0.05, 0.1) is 5.56 Å². The Balaban J connectivity index is 2.71. The SMILES string of the molecule is CCCC[C@H](N)c1ccc(C(F)(F)F)cc1. The van der Waals surface area contributed by atoms with Crippen LogP contribution in [0, 0.1) is 0 Å². The van der Waals surface area contributed by atoms with Gasteiger partial charge in [0.2, 0.25) is 0 Å². The predicted molar refractivity (Wildman–Crippen MR) is 57.9 cm³/mol. The maximum absolute atomic E-state index is 12.3. The molecule has 0 saturated heterocycles. The summed E-state index contributed by atoms with van der Waals surface area (Å²) in [6, 6.07) is 4.93. The number of hydrogen-bond donors (Lipinski definition) is 1. The molecule has 1 aromatic rings. The molecule has 2 N–H and O–H groups in total. The molecule has 0 aliphatic carbocycles. The minimum atomic E-state index is -4.27. The molecule has 4 heteroatoms. The van der Waals surface area contributed by atoms with Crippen molar-refractivity contribution < 1.29 is 13.2 Å². The first-order chi connectivity index (χ1) is 7.45. The van der Waals surface area contributed by atoms with E-state index in [1.807, 2.05) is 0 Å². The van der Waals surface area contributed by atoms with Crippen LogP contribution in [0.3, 0.4) is 0 Å². The Morgan fingerprint density at radius 2 is 1.75 bits per heavy atom. The van der Waals surface area contributed by atoms with Gasteiger partial charge in [-0.05, 0) is 24.1 Å². The Bertz CT molecular complexity index is 316. The first kappa shape index (κ1) is 13.0. The second-order valence-corrected chi connectivity index (χ2v) is 3.87. The van der Waals surface area contributed by atoms with Crippen LogP contribution in [-0.2, 0) is 6.18 Å². The van der Waals surface area contributed by atoms with E-state index in [4.69, 9.17) is 5.73 Å². The molecule has 1 aromatic carbocycles. The zero-order chi connectivity index (χ0) is 12.2. The summed E-state index contributed by atoms with van der Waals surface area (Å²) in [6.45, 7) is 2.06. The van der Waals surface area contributed by atoms with Crippen LogP contribution in [0.1, 0.15) is 43.4 Å². The van der Waals surface area contributed by atoms with Gasteiger partial charge in [-0.15, -0.1) is 0 Å². The summed E-state index contributed by atoms with van der Waals surface area (Å²) >= 11 is 0. The van der Waals surface area contributed by atoms with Gasteiger partial charge in [0.15, 0.2) is 0 Å². The number of unbranched alkanes of at least 4 members (excludes halogenated alkanes) is 1. The molecule has 1 nitrogen and oxygen atoms in total. The molecule has 0 aliphatic rings. The summed E-state index contributed by atoms with van der Waals surface area (Å²) in [4.78, 5) is 0. The van der Waals surface area contributed by atoms with Gasteiger partial charge in [0, 0.05) is 6.04 Å². The van der Waals surface area contributed by atoms with E-state index in [1.54, 1.807) is 0 Å². The fourth-order valence-electron chi connectivity index (χ4n) is 1.51. The van der Waals surface area contributed by atoms with Crippen molar-refractivity contribution in [3.8, 4) is 0 Å². The highest BCUT2D eigenvalue weighted by Gasteiger charge is 2.30. The van der Waals surface area contributed by atoms with Crippen LogP contribution in [-0.4, -0.2) is 0 Å². The van der Waals surface area contributed by atoms with Gasteiger partial charge in [-0.3, -0.25) is 0 Å². The van der Waals surface area contributed by atoms with Crippen molar-refractivity contribution in [3.05, 3.63) is 35.4 Å². The number of benzene rings is 1. The van der Waals surface area contributed by atoms with Crippen LogP contribution in [0.2, 0.25) is 0 Å². The van der Waals surface area contributed by atoms with Gasteiger partial charge in [0.1, 0.15) is 0 Å². The quantitative estimate of drug-likeness (QED) is 0.835. The van der Waals surface area contributed by atoms with E-state index in [-0.39, 0.29) is 6.04 Å². The van der Waals surface area contributed by atoms with Crippen molar-refractivity contribution in [2.24, 2.45) is 5.73 Å². The van der Waals surface area contributed by atoms with Crippen LogP contribution >= 0.6 is 0 Å². The fourth-order valence-corrected chi connectivity index (χ4v) is 1.51. The molecule has 90 valence electrons. The summed E-state index contributed by atoms with van der Waals surface area (Å²) in [5.74, 6) is 0. The fraction of sp³-hybridized carbons (Fsp3) is 0.500. The summed E-state index contributed by atoms with van der Waals surface area (Å²) in [7, 11) is 0. The van der Waals surface area contributed by atoms with Crippen molar-refractivity contribution in [1.29, 1.82) is 0 Å². The molecule has 0 saturated carbocycles. The summed E-state index contributed by atoms with van der Waals surface area (Å²) in [5, 5.41) is 0. The highest BCUT2D eigenvalue weighted by molar-refractivity contribution is 5.26. The van der Waals surface area contributed by atoms with Crippen molar-refractivity contribution >= 4 is 0 Å². The molecule has 0 heterocycles. The van der Waals surface area contributed by atoms with Crippen molar-refractivity contribution in [1.82, 2.24) is 0 Å². The van der Waals surface area contributed by atoms with Gasteiger partial charge in [0.25, 0.3) is 0 Å². The topological polar surface area (TPSA) is 26.0 Å². The molecule has 16 heavy (non-hydrogen) atoms. The molecule has 0 radical (unpaired) electrons. The highest BCUT2D eigenvalue weighted by Crippen LogP contribution is 2.30. The van der Waals surface area contributed by atoms with E-state index in [9.17, 15) is 13.2 Å². The van der Waals surface area contributed by atoms with E-state index < -0.39 is 11.7 Å². The molecule has 0 aromatic heterocycles. The Labute approximate surface area is 93.5 Å². The Morgan fingerprint density at radius 1 is 1.19 bits per heavy atom. The molecule has 0 aliphatic heterocycles. The van der Waals surface area contributed by atoms with Gasteiger partial charge in [-0.2, -0.15) is 13.2 Å². The lowest BCUT2D eigenvalue weighted by Crippen LogP contribution is -2.11. The lowest BCUT2D eigenvalue weighted by atomic mass is 10.0. The van der Waals surface area contributed by atoms with Gasteiger partial charge in [-0.1, -0.05) is 31.9 Å². The lowest BCUT2D eigenvalue weighted by molar-refractivity contribution is -0.137. The van der Waals surface area contributed by atoms with Crippen molar-refractivity contribution in [3.63, 3.8) is 0 Å². The molecule has 0 amide bonds. The first-order valence-corrected chi connectivity index (χ1v) is 5.38. The number of hydrogen-bond acceptors (Lipinski definition) is 1. The molecule has 0 bridgehead atoms. The van der Waals surface area contributed by atoms with Gasteiger partial charge >= 0.3 is 6.18 Å². The van der Waals surface area contributed by atoms with Gasteiger partial charge < -0.3 is 5.73 Å². The third-order valence-electron chi connectivity index (χ3n) is 2.53. The van der Waals surface area contributed by atoms with Gasteiger partial charge in [-0.25, -0.2) is 0 Å². The molecular weight excluding hydrogens is 215 g/mol. The minimum Gasteiger partial charge on any atom is -0.324 e. The second-order valence-electron chi connectivity index (χ2n) is 3.87. The molecule has 1 atom stereocenters. The molecule has 0 unspecified atom stereocenters. The largest absolute Gasteiger partial charge is 0.416 e. The number of rotatable bonds is 4. The Hall–Kier alpha value is -1.03. The maximum atomic E-state index is 12.3. The highest BCUT2D eigenvalue weighted by atomic mass is 19.4. The zero-order valence-corrected chi connectivity index (χ0v) is 9.22. The zero-order valence-electron chi connectivity index (χ0n) is 9.22. The van der Waals surface area contributed by atoms with E-state index >= 15 is 0 Å². The second kappa shape index (κ2) is 5.34. The normalized spacial score (nSPS) is 13.8. The average molecular weight is 231 g/mol. The van der Waals surface area contributed by atoms with E-state index in [1.165, 1.54) is 12.1 Å². The summed E-state index contributed by atoms with van der Waals surface area (Å²) in [5.41, 5.74) is 6.00. The van der Waals surface area contributed by atoms with Crippen molar-refractivity contribution in [2.45, 2.75) is 38.4 Å². The van der Waals surface area contributed by atoms with E-state index in [2.05, 4.69) is 6.92 Å². The van der Waals surface area contributed by atoms with E-state index in [0.717, 1.165) is 37.0 Å². The number of halogens is 3. The predicted octanol–water partition coefficient (Wildman–Crippen LogP) is 3.90. The molecule has 0 spiro atoms. The van der Waals surface area contributed by atoms with Crippen LogP contribution in [0.4, 0.5) is 13.2 Å². The minimum absolute atomic E-state index is 0.165. The Kier molecular flexibility index (Phi) is 4.35.